The van der Waals surface area contributed by atoms with Crippen molar-refractivity contribution in [3.05, 3.63) is 11.5 Å². The normalized spacial score (nSPS) is 10.8. The van der Waals surface area contributed by atoms with Crippen molar-refractivity contribution in [2.45, 2.75) is 19.8 Å². The van der Waals surface area contributed by atoms with Crippen LogP contribution < -0.4 is 5.73 Å². The highest BCUT2D eigenvalue weighted by molar-refractivity contribution is 7.09. The van der Waals surface area contributed by atoms with Gasteiger partial charge in [0.1, 0.15) is 4.88 Å². The van der Waals surface area contributed by atoms with Gasteiger partial charge in [-0.2, -0.15) is 4.98 Å². The quantitative estimate of drug-likeness (QED) is 0.821. The van der Waals surface area contributed by atoms with E-state index in [1.165, 1.54) is 11.5 Å². The average Bonchev–Trinajstić information content (AvgIpc) is 2.84. The first kappa shape index (κ1) is 10.2. The van der Waals surface area contributed by atoms with Gasteiger partial charge >= 0.3 is 0 Å². The molecule has 15 heavy (non-hydrogen) atoms. The lowest BCUT2D eigenvalue weighted by Crippen LogP contribution is -2.03. The van der Waals surface area contributed by atoms with Gasteiger partial charge in [-0.15, -0.1) is 5.10 Å². The Hall–Kier alpha value is -1.34. The van der Waals surface area contributed by atoms with Crippen LogP contribution in [0.4, 0.5) is 0 Å². The maximum absolute atomic E-state index is 5.40. The largest absolute Gasteiger partial charge is 0.333 e. The van der Waals surface area contributed by atoms with Gasteiger partial charge in [0.15, 0.2) is 5.82 Å². The number of rotatable bonds is 4. The Labute approximate surface area is 90.7 Å². The summed E-state index contributed by atoms with van der Waals surface area (Å²) in [7, 11) is 0. The molecule has 0 radical (unpaired) electrons. The number of aryl methyl sites for hydroxylation is 1. The van der Waals surface area contributed by atoms with Crippen LogP contribution >= 0.6 is 11.5 Å². The van der Waals surface area contributed by atoms with Crippen molar-refractivity contribution in [3.8, 4) is 10.8 Å². The minimum atomic E-state index is 0.491. The molecule has 0 aliphatic heterocycles. The van der Waals surface area contributed by atoms with Crippen LogP contribution in [-0.2, 0) is 12.8 Å². The number of hydrogen-bond acceptors (Lipinski definition) is 7. The highest BCUT2D eigenvalue weighted by Crippen LogP contribution is 2.24. The van der Waals surface area contributed by atoms with Crippen LogP contribution in [0.1, 0.15) is 18.4 Å². The predicted molar refractivity (Wildman–Crippen MR) is 55.3 cm³/mol. The Morgan fingerprint density at radius 2 is 2.33 bits per heavy atom. The van der Waals surface area contributed by atoms with E-state index in [9.17, 15) is 0 Å². The third kappa shape index (κ3) is 2.02. The Kier molecular flexibility index (Phi) is 3.02. The van der Waals surface area contributed by atoms with E-state index in [0.717, 1.165) is 17.0 Å². The molecule has 0 atom stereocenters. The van der Waals surface area contributed by atoms with E-state index in [1.54, 1.807) is 0 Å². The van der Waals surface area contributed by atoms with Crippen LogP contribution in [0.2, 0.25) is 0 Å². The summed E-state index contributed by atoms with van der Waals surface area (Å²) in [5.41, 5.74) is 6.29. The van der Waals surface area contributed by atoms with Gasteiger partial charge in [0.25, 0.3) is 5.89 Å². The van der Waals surface area contributed by atoms with Gasteiger partial charge in [-0.1, -0.05) is 16.6 Å². The summed E-state index contributed by atoms with van der Waals surface area (Å²) in [5, 5.41) is 7.80. The van der Waals surface area contributed by atoms with Crippen LogP contribution in [0.25, 0.3) is 10.8 Å². The summed E-state index contributed by atoms with van der Waals surface area (Å²) in [4.78, 5) is 5.08. The fourth-order valence-electron chi connectivity index (χ4n) is 1.18. The molecular weight excluding hydrogens is 214 g/mol. The fraction of sp³-hybridized carbons (Fsp3) is 0.500. The van der Waals surface area contributed by atoms with Crippen molar-refractivity contribution in [1.29, 1.82) is 0 Å². The van der Waals surface area contributed by atoms with Crippen molar-refractivity contribution in [2.24, 2.45) is 5.73 Å². The molecule has 2 aromatic heterocycles. The third-order valence-electron chi connectivity index (χ3n) is 1.92. The number of hydrogen-bond donors (Lipinski definition) is 1. The van der Waals surface area contributed by atoms with Crippen molar-refractivity contribution in [3.63, 3.8) is 0 Å². The molecule has 2 aromatic rings. The Morgan fingerprint density at radius 3 is 3.07 bits per heavy atom. The second kappa shape index (κ2) is 4.45. The summed E-state index contributed by atoms with van der Waals surface area (Å²) in [6.07, 6.45) is 1.43. The van der Waals surface area contributed by atoms with E-state index in [1.807, 2.05) is 6.92 Å². The van der Waals surface area contributed by atoms with Gasteiger partial charge in [-0.3, -0.25) is 0 Å². The van der Waals surface area contributed by atoms with E-state index in [2.05, 4.69) is 19.7 Å². The molecule has 0 saturated heterocycles. The van der Waals surface area contributed by atoms with E-state index in [4.69, 9.17) is 10.3 Å². The van der Waals surface area contributed by atoms with Crippen LogP contribution in [-0.4, -0.2) is 26.3 Å². The number of nitrogens with two attached hydrogens (primary N) is 1. The average molecular weight is 225 g/mol. The molecule has 0 aliphatic carbocycles. The van der Waals surface area contributed by atoms with E-state index in [-0.39, 0.29) is 0 Å². The molecule has 0 aromatic carbocycles. The molecule has 7 heteroatoms. The van der Waals surface area contributed by atoms with E-state index >= 15 is 0 Å². The zero-order chi connectivity index (χ0) is 10.7. The molecule has 80 valence electrons. The van der Waals surface area contributed by atoms with Crippen molar-refractivity contribution >= 4 is 11.5 Å². The number of nitrogens with zero attached hydrogens (tertiary/aromatic N) is 4. The maximum Gasteiger partial charge on any atom is 0.271 e. The first-order valence-electron chi connectivity index (χ1n) is 4.69. The van der Waals surface area contributed by atoms with Gasteiger partial charge in [0.05, 0.1) is 5.69 Å². The SMILES string of the molecule is CCc1nnsc1-c1nc(CCN)no1. The third-order valence-corrected chi connectivity index (χ3v) is 2.68. The predicted octanol–water partition coefficient (Wildman–Crippen LogP) is 0.652. The topological polar surface area (TPSA) is 90.7 Å². The van der Waals surface area contributed by atoms with Crippen molar-refractivity contribution < 1.29 is 4.52 Å². The monoisotopic (exact) mass is 225 g/mol. The first-order chi connectivity index (χ1) is 7.35. The molecular formula is C8H11N5OS. The highest BCUT2D eigenvalue weighted by Gasteiger charge is 2.15. The van der Waals surface area contributed by atoms with Gasteiger partial charge in [-0.25, -0.2) is 0 Å². The Balaban J connectivity index is 2.28. The molecule has 0 amide bonds. The molecule has 2 heterocycles. The summed E-state index contributed by atoms with van der Waals surface area (Å²) in [6.45, 7) is 2.53. The second-order valence-corrected chi connectivity index (χ2v) is 3.71. The zero-order valence-electron chi connectivity index (χ0n) is 8.30. The Bertz CT molecular complexity index is 438. The second-order valence-electron chi connectivity index (χ2n) is 2.96. The zero-order valence-corrected chi connectivity index (χ0v) is 9.12. The molecule has 0 bridgehead atoms. The van der Waals surface area contributed by atoms with Crippen LogP contribution in [0.15, 0.2) is 4.52 Å². The first-order valence-corrected chi connectivity index (χ1v) is 5.46. The molecule has 0 unspecified atom stereocenters. The lowest BCUT2D eigenvalue weighted by atomic mass is 10.3. The molecule has 0 saturated carbocycles. The molecule has 0 fully saturated rings. The van der Waals surface area contributed by atoms with Gasteiger partial charge in [0, 0.05) is 6.42 Å². The van der Waals surface area contributed by atoms with Gasteiger partial charge in [0.2, 0.25) is 0 Å². The highest BCUT2D eigenvalue weighted by atomic mass is 32.1. The molecule has 0 aliphatic rings. The smallest absolute Gasteiger partial charge is 0.271 e. The molecule has 2 rings (SSSR count). The standard InChI is InChI=1S/C8H11N5OS/c1-2-5-7(15-13-11-5)8-10-6(3-4-9)12-14-8/h2-4,9H2,1H3. The fourth-order valence-corrected chi connectivity index (χ4v) is 1.85. The van der Waals surface area contributed by atoms with Crippen molar-refractivity contribution in [2.75, 3.05) is 6.54 Å². The summed E-state index contributed by atoms with van der Waals surface area (Å²) in [6, 6.07) is 0. The van der Waals surface area contributed by atoms with Crippen molar-refractivity contribution in [1.82, 2.24) is 19.7 Å². The van der Waals surface area contributed by atoms with E-state index < -0.39 is 0 Å². The van der Waals surface area contributed by atoms with E-state index in [0.29, 0.717) is 24.7 Å². The summed E-state index contributed by atoms with van der Waals surface area (Å²) < 4.78 is 8.98. The number of aromatic nitrogens is 4. The van der Waals surface area contributed by atoms with Crippen LogP contribution in [0.3, 0.4) is 0 Å². The molecule has 2 N–H and O–H groups in total. The lowest BCUT2D eigenvalue weighted by Gasteiger charge is -1.89. The van der Waals surface area contributed by atoms with Gasteiger partial charge in [-0.05, 0) is 24.5 Å². The minimum Gasteiger partial charge on any atom is -0.333 e. The maximum atomic E-state index is 5.40. The van der Waals surface area contributed by atoms with Gasteiger partial charge < -0.3 is 10.3 Å². The summed E-state index contributed by atoms with van der Waals surface area (Å²) in [5.74, 6) is 1.12. The molecule has 0 spiro atoms. The van der Waals surface area contributed by atoms with Crippen LogP contribution in [0.5, 0.6) is 0 Å². The van der Waals surface area contributed by atoms with Crippen LogP contribution in [0, 0.1) is 0 Å². The lowest BCUT2D eigenvalue weighted by molar-refractivity contribution is 0.423. The Morgan fingerprint density at radius 1 is 1.47 bits per heavy atom. The summed E-state index contributed by atoms with van der Waals surface area (Å²) >= 11 is 1.27. The molecule has 6 nitrogen and oxygen atoms in total. The minimum absolute atomic E-state index is 0.491.